The number of carbonyl (C=O) groups excluding carboxylic acids is 1. The van der Waals surface area contributed by atoms with Crippen molar-refractivity contribution in [2.24, 2.45) is 0 Å². The van der Waals surface area contributed by atoms with E-state index in [9.17, 15) is 9.90 Å². The molecule has 0 bridgehead atoms. The van der Waals surface area contributed by atoms with Crippen LogP contribution in [0.15, 0.2) is 36.4 Å². The van der Waals surface area contributed by atoms with Crippen LogP contribution in [0.1, 0.15) is 0 Å². The van der Waals surface area contributed by atoms with Crippen molar-refractivity contribution < 1.29 is 14.6 Å². The molecule has 1 amide bonds. The number of ether oxygens (including phenoxy) is 1. The molecule has 2 rings (SSSR count). The predicted molar refractivity (Wildman–Crippen MR) is 61.6 cm³/mol. The zero-order valence-electron chi connectivity index (χ0n) is 8.73. The molecule has 2 N–H and O–H groups in total. The van der Waals surface area contributed by atoms with Gasteiger partial charge in [-0.25, -0.2) is 4.79 Å². The molecule has 4 heteroatoms. The van der Waals surface area contributed by atoms with Crippen molar-refractivity contribution in [3.63, 3.8) is 0 Å². The third kappa shape index (κ3) is 1.91. The van der Waals surface area contributed by atoms with E-state index in [4.69, 9.17) is 0 Å². The van der Waals surface area contributed by atoms with Crippen molar-refractivity contribution in [1.82, 2.24) is 0 Å². The number of methoxy groups -OCH3 is 1. The maximum atomic E-state index is 11.0. The average molecular weight is 217 g/mol. The number of fused-ring (bicyclic) bond motifs is 1. The summed E-state index contributed by atoms with van der Waals surface area (Å²) in [5, 5.41) is 14.0. The number of hydrogen-bond acceptors (Lipinski definition) is 3. The van der Waals surface area contributed by atoms with E-state index in [0.29, 0.717) is 5.69 Å². The van der Waals surface area contributed by atoms with Gasteiger partial charge >= 0.3 is 6.09 Å². The Morgan fingerprint density at radius 3 is 2.50 bits per heavy atom. The van der Waals surface area contributed by atoms with Gasteiger partial charge < -0.3 is 9.84 Å². The first kappa shape index (κ1) is 10.3. The number of rotatable bonds is 1. The van der Waals surface area contributed by atoms with Gasteiger partial charge in [-0.1, -0.05) is 24.3 Å². The first-order valence-electron chi connectivity index (χ1n) is 4.77. The van der Waals surface area contributed by atoms with Crippen molar-refractivity contribution >= 4 is 22.6 Å². The summed E-state index contributed by atoms with van der Waals surface area (Å²) >= 11 is 0. The van der Waals surface area contributed by atoms with Gasteiger partial charge in [-0.2, -0.15) is 0 Å². The number of hydrogen-bond donors (Lipinski definition) is 2. The summed E-state index contributed by atoms with van der Waals surface area (Å²) in [6, 6.07) is 10.9. The van der Waals surface area contributed by atoms with Gasteiger partial charge in [-0.15, -0.1) is 0 Å². The Labute approximate surface area is 92.5 Å². The van der Waals surface area contributed by atoms with Crippen LogP contribution in [0, 0.1) is 0 Å². The summed E-state index contributed by atoms with van der Waals surface area (Å²) in [6.07, 6.45) is -0.606. The Hall–Kier alpha value is -2.23. The standard InChI is InChI=1S/C12H11NO3/c1-16-12(15)13-10-6-8-4-2-3-5-9(8)7-11(10)14/h2-7,14H,1H3,(H,13,15). The molecule has 0 heterocycles. The maximum Gasteiger partial charge on any atom is 0.411 e. The first-order chi connectivity index (χ1) is 7.70. The summed E-state index contributed by atoms with van der Waals surface area (Å²) in [6.45, 7) is 0. The van der Waals surface area contributed by atoms with Crippen LogP contribution in [-0.2, 0) is 4.74 Å². The van der Waals surface area contributed by atoms with Gasteiger partial charge in [0.2, 0.25) is 0 Å². The smallest absolute Gasteiger partial charge is 0.411 e. The van der Waals surface area contributed by atoms with Crippen molar-refractivity contribution in [3.8, 4) is 5.75 Å². The van der Waals surface area contributed by atoms with Gasteiger partial charge in [0.25, 0.3) is 0 Å². The number of benzene rings is 2. The highest BCUT2D eigenvalue weighted by atomic mass is 16.5. The van der Waals surface area contributed by atoms with E-state index in [1.54, 1.807) is 12.1 Å². The van der Waals surface area contributed by atoms with E-state index >= 15 is 0 Å². The lowest BCUT2D eigenvalue weighted by Crippen LogP contribution is -2.10. The van der Waals surface area contributed by atoms with Gasteiger partial charge in [0, 0.05) is 0 Å². The topological polar surface area (TPSA) is 58.6 Å². The van der Waals surface area contributed by atoms with Crippen LogP contribution in [0.4, 0.5) is 10.5 Å². The van der Waals surface area contributed by atoms with Crippen LogP contribution in [0.5, 0.6) is 5.75 Å². The van der Waals surface area contributed by atoms with Gasteiger partial charge in [0.05, 0.1) is 12.8 Å². The fourth-order valence-corrected chi connectivity index (χ4v) is 1.49. The minimum atomic E-state index is -0.606. The summed E-state index contributed by atoms with van der Waals surface area (Å²) in [5.41, 5.74) is 0.338. The SMILES string of the molecule is COC(=O)Nc1cc2ccccc2cc1O. The van der Waals surface area contributed by atoms with Gasteiger partial charge in [-0.3, -0.25) is 5.32 Å². The number of aromatic hydroxyl groups is 1. The molecule has 4 nitrogen and oxygen atoms in total. The third-order valence-electron chi connectivity index (χ3n) is 2.29. The molecule has 0 fully saturated rings. The van der Waals surface area contributed by atoms with Crippen LogP contribution < -0.4 is 5.32 Å². The summed E-state index contributed by atoms with van der Waals surface area (Å²) in [7, 11) is 1.27. The van der Waals surface area contributed by atoms with Crippen LogP contribution in [-0.4, -0.2) is 18.3 Å². The Kier molecular flexibility index (Phi) is 2.64. The number of carbonyl (C=O) groups is 1. The van der Waals surface area contributed by atoms with Crippen molar-refractivity contribution in [1.29, 1.82) is 0 Å². The Bertz CT molecular complexity index is 537. The molecule has 0 saturated heterocycles. The van der Waals surface area contributed by atoms with E-state index in [2.05, 4.69) is 10.1 Å². The highest BCUT2D eigenvalue weighted by Crippen LogP contribution is 2.29. The number of phenolic OH excluding ortho intramolecular Hbond substituents is 1. The summed E-state index contributed by atoms with van der Waals surface area (Å²) < 4.78 is 4.46. The molecule has 0 atom stereocenters. The zero-order chi connectivity index (χ0) is 11.5. The number of anilines is 1. The van der Waals surface area contributed by atoms with Crippen molar-refractivity contribution in [2.45, 2.75) is 0 Å². The minimum absolute atomic E-state index is 0.0177. The molecule has 0 radical (unpaired) electrons. The normalized spacial score (nSPS) is 10.1. The molecule has 0 aliphatic heterocycles. The van der Waals surface area contributed by atoms with Crippen LogP contribution in [0.2, 0.25) is 0 Å². The van der Waals surface area contributed by atoms with Crippen LogP contribution in [0.25, 0.3) is 10.8 Å². The number of amides is 1. The fraction of sp³-hybridized carbons (Fsp3) is 0.0833. The average Bonchev–Trinajstić information content (AvgIpc) is 2.30. The van der Waals surface area contributed by atoms with Crippen molar-refractivity contribution in [2.75, 3.05) is 12.4 Å². The molecule has 2 aromatic carbocycles. The number of phenols is 1. The minimum Gasteiger partial charge on any atom is -0.506 e. The van der Waals surface area contributed by atoms with E-state index in [0.717, 1.165) is 10.8 Å². The molecule has 0 spiro atoms. The lowest BCUT2D eigenvalue weighted by molar-refractivity contribution is 0.187. The lowest BCUT2D eigenvalue weighted by atomic mass is 10.1. The highest BCUT2D eigenvalue weighted by Gasteiger charge is 2.07. The van der Waals surface area contributed by atoms with Gasteiger partial charge in [0.15, 0.2) is 0 Å². The second kappa shape index (κ2) is 4.10. The van der Waals surface area contributed by atoms with Crippen molar-refractivity contribution in [3.05, 3.63) is 36.4 Å². The summed E-state index contributed by atoms with van der Waals surface area (Å²) in [4.78, 5) is 11.0. The molecule has 0 aliphatic carbocycles. The van der Waals surface area contributed by atoms with Gasteiger partial charge in [-0.05, 0) is 22.9 Å². The molecule has 0 aromatic heterocycles. The third-order valence-corrected chi connectivity index (χ3v) is 2.29. The monoisotopic (exact) mass is 217 g/mol. The van der Waals surface area contributed by atoms with E-state index < -0.39 is 6.09 Å². The molecule has 16 heavy (non-hydrogen) atoms. The Morgan fingerprint density at radius 2 is 1.88 bits per heavy atom. The lowest BCUT2D eigenvalue weighted by Gasteiger charge is -2.07. The summed E-state index contributed by atoms with van der Waals surface area (Å²) in [5.74, 6) is 0.0177. The maximum absolute atomic E-state index is 11.0. The Morgan fingerprint density at radius 1 is 1.25 bits per heavy atom. The Balaban J connectivity index is 2.46. The molecule has 82 valence electrons. The molecule has 0 saturated carbocycles. The second-order valence-corrected chi connectivity index (χ2v) is 3.33. The fourth-order valence-electron chi connectivity index (χ4n) is 1.49. The zero-order valence-corrected chi connectivity index (χ0v) is 8.73. The second-order valence-electron chi connectivity index (χ2n) is 3.33. The van der Waals surface area contributed by atoms with Crippen LogP contribution >= 0.6 is 0 Å². The van der Waals surface area contributed by atoms with E-state index in [1.165, 1.54) is 7.11 Å². The quantitative estimate of drug-likeness (QED) is 0.722. The van der Waals surface area contributed by atoms with Gasteiger partial charge in [0.1, 0.15) is 5.75 Å². The molecule has 2 aromatic rings. The largest absolute Gasteiger partial charge is 0.506 e. The van der Waals surface area contributed by atoms with Crippen LogP contribution in [0.3, 0.4) is 0 Å². The predicted octanol–water partition coefficient (Wildman–Crippen LogP) is 2.72. The molecular formula is C12H11NO3. The molecular weight excluding hydrogens is 206 g/mol. The van der Waals surface area contributed by atoms with E-state index in [1.807, 2.05) is 24.3 Å². The highest BCUT2D eigenvalue weighted by molar-refractivity contribution is 5.94. The van der Waals surface area contributed by atoms with E-state index in [-0.39, 0.29) is 5.75 Å². The number of nitrogens with one attached hydrogen (secondary N) is 1. The molecule has 0 unspecified atom stereocenters. The first-order valence-corrected chi connectivity index (χ1v) is 4.77. The molecule has 0 aliphatic rings.